The smallest absolute Gasteiger partial charge is 0.262 e. The predicted molar refractivity (Wildman–Crippen MR) is 120 cm³/mol. The standard InChI is InChI=1S/C23H26N4O4S/c1-15-9-10-16(2)20(13-15)32(29,30)27-19-8-6-7-18(14-19)21(28)25-23(11-4-5-12-23)22-24-17(3)31-26-22/h6-10,13-14,27H,4-5,11-12H2,1-3H3,(H,25,28). The van der Waals surface area contributed by atoms with Gasteiger partial charge in [0.15, 0.2) is 5.82 Å². The second-order valence-corrected chi connectivity index (χ2v) is 9.99. The summed E-state index contributed by atoms with van der Waals surface area (Å²) in [5.41, 5.74) is 1.48. The van der Waals surface area contributed by atoms with Crippen LogP contribution in [0.1, 0.15) is 58.9 Å². The number of benzene rings is 2. The van der Waals surface area contributed by atoms with Gasteiger partial charge in [0, 0.05) is 18.2 Å². The van der Waals surface area contributed by atoms with Crippen LogP contribution in [0.15, 0.2) is 51.9 Å². The first-order valence-corrected chi connectivity index (χ1v) is 12.0. The molecule has 0 radical (unpaired) electrons. The van der Waals surface area contributed by atoms with E-state index in [9.17, 15) is 13.2 Å². The molecule has 3 aromatic rings. The zero-order chi connectivity index (χ0) is 22.9. The van der Waals surface area contributed by atoms with Gasteiger partial charge in [-0.1, -0.05) is 36.2 Å². The molecule has 0 atom stereocenters. The molecule has 2 aromatic carbocycles. The number of nitrogens with zero attached hydrogens (tertiary/aromatic N) is 2. The number of anilines is 1. The number of carbonyl (C=O) groups is 1. The predicted octanol–water partition coefficient (Wildman–Crippen LogP) is 3.99. The Hall–Kier alpha value is -3.20. The molecule has 0 aliphatic heterocycles. The first-order chi connectivity index (χ1) is 15.2. The van der Waals surface area contributed by atoms with Crippen molar-refractivity contribution >= 4 is 21.6 Å². The summed E-state index contributed by atoms with van der Waals surface area (Å²) in [6.07, 6.45) is 3.33. The van der Waals surface area contributed by atoms with Crippen LogP contribution in [0.2, 0.25) is 0 Å². The molecule has 1 aromatic heterocycles. The second-order valence-electron chi connectivity index (χ2n) is 8.34. The fraction of sp³-hybridized carbons (Fsp3) is 0.348. The Morgan fingerprint density at radius 2 is 1.81 bits per heavy atom. The van der Waals surface area contributed by atoms with Gasteiger partial charge >= 0.3 is 0 Å². The van der Waals surface area contributed by atoms with Crippen molar-refractivity contribution in [3.63, 3.8) is 0 Å². The Kier molecular flexibility index (Phi) is 5.77. The third-order valence-corrected chi connectivity index (χ3v) is 7.30. The maximum Gasteiger partial charge on any atom is 0.262 e. The minimum Gasteiger partial charge on any atom is -0.340 e. The molecular formula is C23H26N4O4S. The summed E-state index contributed by atoms with van der Waals surface area (Å²) in [4.78, 5) is 17.7. The summed E-state index contributed by atoms with van der Waals surface area (Å²) in [6.45, 7) is 5.30. The Labute approximate surface area is 187 Å². The zero-order valence-corrected chi connectivity index (χ0v) is 19.1. The lowest BCUT2D eigenvalue weighted by Crippen LogP contribution is -2.44. The molecule has 1 heterocycles. The van der Waals surface area contributed by atoms with Gasteiger partial charge in [-0.05, 0) is 62.1 Å². The molecule has 1 fully saturated rings. The van der Waals surface area contributed by atoms with E-state index in [-0.39, 0.29) is 10.8 Å². The average Bonchev–Trinajstić information content (AvgIpc) is 3.39. The number of aryl methyl sites for hydroxylation is 3. The molecule has 0 spiro atoms. The molecule has 4 rings (SSSR count). The topological polar surface area (TPSA) is 114 Å². The van der Waals surface area contributed by atoms with Crippen LogP contribution in [0.4, 0.5) is 5.69 Å². The van der Waals surface area contributed by atoms with Crippen molar-refractivity contribution in [1.82, 2.24) is 15.5 Å². The van der Waals surface area contributed by atoms with Crippen molar-refractivity contribution in [2.45, 2.75) is 56.9 Å². The van der Waals surface area contributed by atoms with Crippen LogP contribution in [0.3, 0.4) is 0 Å². The minimum absolute atomic E-state index is 0.213. The summed E-state index contributed by atoms with van der Waals surface area (Å²) >= 11 is 0. The van der Waals surface area contributed by atoms with Gasteiger partial charge in [-0.25, -0.2) is 8.42 Å². The molecule has 32 heavy (non-hydrogen) atoms. The highest BCUT2D eigenvalue weighted by Crippen LogP contribution is 2.37. The largest absolute Gasteiger partial charge is 0.340 e. The molecule has 1 aliphatic rings. The van der Waals surface area contributed by atoms with E-state index in [1.807, 2.05) is 13.0 Å². The van der Waals surface area contributed by atoms with Crippen LogP contribution in [0, 0.1) is 20.8 Å². The van der Waals surface area contributed by atoms with E-state index in [4.69, 9.17) is 4.52 Å². The first kappa shape index (κ1) is 22.0. The third-order valence-electron chi connectivity index (χ3n) is 5.78. The summed E-state index contributed by atoms with van der Waals surface area (Å²) in [6, 6.07) is 11.7. The average molecular weight is 455 g/mol. The number of hydrogen-bond acceptors (Lipinski definition) is 6. The van der Waals surface area contributed by atoms with Gasteiger partial charge in [0.2, 0.25) is 5.89 Å². The first-order valence-electron chi connectivity index (χ1n) is 10.5. The Bertz CT molecular complexity index is 1260. The van der Waals surface area contributed by atoms with Crippen molar-refractivity contribution in [2.75, 3.05) is 4.72 Å². The maximum absolute atomic E-state index is 13.1. The highest BCUT2D eigenvalue weighted by Gasteiger charge is 2.41. The van der Waals surface area contributed by atoms with E-state index < -0.39 is 15.6 Å². The van der Waals surface area contributed by atoms with Crippen molar-refractivity contribution in [2.24, 2.45) is 0 Å². The van der Waals surface area contributed by atoms with Gasteiger partial charge in [-0.2, -0.15) is 4.98 Å². The zero-order valence-electron chi connectivity index (χ0n) is 18.3. The van der Waals surface area contributed by atoms with E-state index >= 15 is 0 Å². The molecule has 2 N–H and O–H groups in total. The lowest BCUT2D eigenvalue weighted by atomic mass is 9.96. The third kappa shape index (κ3) is 4.38. The van der Waals surface area contributed by atoms with Gasteiger partial charge in [0.05, 0.1) is 4.90 Å². The number of sulfonamides is 1. The van der Waals surface area contributed by atoms with Crippen molar-refractivity contribution < 1.29 is 17.7 Å². The number of aromatic nitrogens is 2. The quantitative estimate of drug-likeness (QED) is 0.582. The Balaban J connectivity index is 1.57. The number of rotatable bonds is 6. The Morgan fingerprint density at radius 3 is 2.50 bits per heavy atom. The van der Waals surface area contributed by atoms with Gasteiger partial charge < -0.3 is 9.84 Å². The number of hydrogen-bond donors (Lipinski definition) is 2. The molecule has 0 unspecified atom stereocenters. The van der Waals surface area contributed by atoms with Crippen LogP contribution in [0.5, 0.6) is 0 Å². The molecule has 8 nitrogen and oxygen atoms in total. The van der Waals surface area contributed by atoms with Gasteiger partial charge in [0.25, 0.3) is 15.9 Å². The van der Waals surface area contributed by atoms with Crippen molar-refractivity contribution in [3.05, 3.63) is 70.9 Å². The van der Waals surface area contributed by atoms with E-state index in [0.717, 1.165) is 31.2 Å². The van der Waals surface area contributed by atoms with Crippen LogP contribution in [-0.2, 0) is 15.6 Å². The van der Waals surface area contributed by atoms with Gasteiger partial charge in [-0.15, -0.1) is 0 Å². The maximum atomic E-state index is 13.1. The van der Waals surface area contributed by atoms with Crippen LogP contribution >= 0.6 is 0 Å². The number of amides is 1. The minimum atomic E-state index is -3.80. The molecule has 1 amide bonds. The molecule has 9 heteroatoms. The molecule has 1 aliphatic carbocycles. The monoisotopic (exact) mass is 454 g/mol. The molecule has 0 bridgehead atoms. The lowest BCUT2D eigenvalue weighted by Gasteiger charge is -2.26. The van der Waals surface area contributed by atoms with Gasteiger partial charge in [-0.3, -0.25) is 9.52 Å². The van der Waals surface area contributed by atoms with Crippen molar-refractivity contribution in [3.8, 4) is 0 Å². The summed E-state index contributed by atoms with van der Waals surface area (Å²) in [5.74, 6) is 0.609. The van der Waals surface area contributed by atoms with Gasteiger partial charge in [0.1, 0.15) is 5.54 Å². The van der Waals surface area contributed by atoms with E-state index in [0.29, 0.717) is 28.5 Å². The summed E-state index contributed by atoms with van der Waals surface area (Å²) in [7, 11) is -3.80. The number of nitrogens with one attached hydrogen (secondary N) is 2. The van der Waals surface area contributed by atoms with Crippen LogP contribution in [0.25, 0.3) is 0 Å². The highest BCUT2D eigenvalue weighted by atomic mass is 32.2. The molecule has 0 saturated heterocycles. The Morgan fingerprint density at radius 1 is 1.06 bits per heavy atom. The fourth-order valence-electron chi connectivity index (χ4n) is 4.10. The van der Waals surface area contributed by atoms with Crippen LogP contribution < -0.4 is 10.0 Å². The molecule has 1 saturated carbocycles. The van der Waals surface area contributed by atoms with E-state index in [1.54, 1.807) is 44.2 Å². The second kappa shape index (κ2) is 8.38. The summed E-state index contributed by atoms with van der Waals surface area (Å²) < 4.78 is 33.6. The number of carbonyl (C=O) groups excluding carboxylic acids is 1. The summed E-state index contributed by atoms with van der Waals surface area (Å²) in [5, 5.41) is 7.11. The molecular weight excluding hydrogens is 428 g/mol. The molecule has 168 valence electrons. The van der Waals surface area contributed by atoms with Crippen LogP contribution in [-0.4, -0.2) is 24.5 Å². The fourth-order valence-corrected chi connectivity index (χ4v) is 5.48. The SMILES string of the molecule is Cc1ccc(C)c(S(=O)(=O)Nc2cccc(C(=O)NC3(c4noc(C)n4)CCCC3)c2)c1. The van der Waals surface area contributed by atoms with Crippen molar-refractivity contribution in [1.29, 1.82) is 0 Å². The van der Waals surface area contributed by atoms with E-state index in [1.165, 1.54) is 6.07 Å². The van der Waals surface area contributed by atoms with E-state index in [2.05, 4.69) is 20.2 Å². The highest BCUT2D eigenvalue weighted by molar-refractivity contribution is 7.92. The normalized spacial score (nSPS) is 15.5. The lowest BCUT2D eigenvalue weighted by molar-refractivity contribution is 0.0892.